The highest BCUT2D eigenvalue weighted by Crippen LogP contribution is 2.26. The number of carbonyl (C=O) groups is 1. The third-order valence-electron chi connectivity index (χ3n) is 5.11. The van der Waals surface area contributed by atoms with Crippen molar-refractivity contribution in [2.24, 2.45) is 5.92 Å². The molecule has 0 saturated carbocycles. The number of benzene rings is 1. The zero-order chi connectivity index (χ0) is 17.1. The first-order chi connectivity index (χ1) is 11.5. The zero-order valence-electron chi connectivity index (χ0n) is 14.4. The average Bonchev–Trinajstić information content (AvgIpc) is 2.77. The van der Waals surface area contributed by atoms with Crippen LogP contribution in [0.25, 0.3) is 0 Å². The molecule has 5 nitrogen and oxygen atoms in total. The summed E-state index contributed by atoms with van der Waals surface area (Å²) < 4.78 is 5.73. The summed E-state index contributed by atoms with van der Waals surface area (Å²) >= 11 is 6.08. The Morgan fingerprint density at radius 2 is 2.08 bits per heavy atom. The molecule has 2 heterocycles. The number of likely N-dealkylation sites (tertiary alicyclic amines) is 1. The standard InChI is InChI=1S/C18H26ClN3O2/c1-13(14-5-7-21(2)8-6-14)20-18(23)22-9-10-24-17-4-3-16(19)11-15(17)12-22/h3-4,11,13-14H,5-10,12H2,1-2H3,(H,20,23)/t13-/m0/s1. The van der Waals surface area contributed by atoms with Crippen LogP contribution in [0.1, 0.15) is 25.3 Å². The Morgan fingerprint density at radius 1 is 1.33 bits per heavy atom. The molecule has 132 valence electrons. The van der Waals surface area contributed by atoms with Crippen LogP contribution in [0.15, 0.2) is 18.2 Å². The lowest BCUT2D eigenvalue weighted by Crippen LogP contribution is -2.48. The second-order valence-corrected chi connectivity index (χ2v) is 7.34. The number of hydrogen-bond donors (Lipinski definition) is 1. The Bertz CT molecular complexity index is 588. The monoisotopic (exact) mass is 351 g/mol. The molecule has 2 aliphatic heterocycles. The molecular weight excluding hydrogens is 326 g/mol. The molecule has 0 bridgehead atoms. The maximum Gasteiger partial charge on any atom is 0.318 e. The minimum absolute atomic E-state index is 0.0159. The summed E-state index contributed by atoms with van der Waals surface area (Å²) in [5.74, 6) is 1.37. The molecular formula is C18H26ClN3O2. The van der Waals surface area contributed by atoms with Crippen molar-refractivity contribution in [3.63, 3.8) is 0 Å². The van der Waals surface area contributed by atoms with Crippen molar-refractivity contribution >= 4 is 17.6 Å². The first kappa shape index (κ1) is 17.4. The summed E-state index contributed by atoms with van der Waals surface area (Å²) in [6.45, 7) is 5.94. The van der Waals surface area contributed by atoms with Crippen LogP contribution in [-0.4, -0.2) is 55.2 Å². The highest BCUT2D eigenvalue weighted by atomic mass is 35.5. The minimum atomic E-state index is -0.0159. The van der Waals surface area contributed by atoms with Crippen LogP contribution in [0.5, 0.6) is 5.75 Å². The maximum atomic E-state index is 12.7. The fraction of sp³-hybridized carbons (Fsp3) is 0.611. The van der Waals surface area contributed by atoms with E-state index in [2.05, 4.69) is 24.2 Å². The number of ether oxygens (including phenoxy) is 1. The van der Waals surface area contributed by atoms with Gasteiger partial charge in [-0.3, -0.25) is 0 Å². The fourth-order valence-electron chi connectivity index (χ4n) is 3.47. The Labute approximate surface area is 148 Å². The highest BCUT2D eigenvalue weighted by Gasteiger charge is 2.26. The largest absolute Gasteiger partial charge is 0.491 e. The highest BCUT2D eigenvalue weighted by molar-refractivity contribution is 6.30. The van der Waals surface area contributed by atoms with E-state index in [4.69, 9.17) is 16.3 Å². The van der Waals surface area contributed by atoms with Crippen LogP contribution < -0.4 is 10.1 Å². The number of amides is 2. The number of carbonyl (C=O) groups excluding carboxylic acids is 1. The van der Waals surface area contributed by atoms with E-state index in [0.29, 0.717) is 30.6 Å². The molecule has 1 aromatic carbocycles. The lowest BCUT2D eigenvalue weighted by molar-refractivity contribution is 0.164. The Morgan fingerprint density at radius 3 is 2.83 bits per heavy atom. The van der Waals surface area contributed by atoms with Crippen LogP contribution in [0, 0.1) is 5.92 Å². The Balaban J connectivity index is 1.60. The van der Waals surface area contributed by atoms with Gasteiger partial charge in [0.15, 0.2) is 0 Å². The predicted octanol–water partition coefficient (Wildman–Crippen LogP) is 2.97. The van der Waals surface area contributed by atoms with Crippen molar-refractivity contribution in [1.29, 1.82) is 0 Å². The Kier molecular flexibility index (Phi) is 5.51. The second-order valence-electron chi connectivity index (χ2n) is 6.90. The lowest BCUT2D eigenvalue weighted by Gasteiger charge is -2.34. The van der Waals surface area contributed by atoms with Gasteiger partial charge < -0.3 is 19.9 Å². The van der Waals surface area contributed by atoms with Gasteiger partial charge >= 0.3 is 6.03 Å². The summed E-state index contributed by atoms with van der Waals surface area (Å²) in [5.41, 5.74) is 0.960. The number of nitrogens with one attached hydrogen (secondary N) is 1. The number of halogens is 1. The summed E-state index contributed by atoms with van der Waals surface area (Å²) in [6.07, 6.45) is 2.28. The molecule has 0 unspecified atom stereocenters. The van der Waals surface area contributed by atoms with Crippen molar-refractivity contribution in [2.45, 2.75) is 32.4 Å². The quantitative estimate of drug-likeness (QED) is 0.891. The topological polar surface area (TPSA) is 44.8 Å². The number of rotatable bonds is 2. The molecule has 6 heteroatoms. The van der Waals surface area contributed by atoms with E-state index in [1.807, 2.05) is 23.1 Å². The van der Waals surface area contributed by atoms with Crippen LogP contribution >= 0.6 is 11.6 Å². The van der Waals surface area contributed by atoms with Gasteiger partial charge in [-0.25, -0.2) is 4.79 Å². The minimum Gasteiger partial charge on any atom is -0.491 e. The molecule has 1 fully saturated rings. The number of hydrogen-bond acceptors (Lipinski definition) is 3. The molecule has 0 aliphatic carbocycles. The van der Waals surface area contributed by atoms with E-state index < -0.39 is 0 Å². The molecule has 1 atom stereocenters. The normalized spacial score (nSPS) is 20.7. The summed E-state index contributed by atoms with van der Waals surface area (Å²) in [5, 5.41) is 3.85. The smallest absolute Gasteiger partial charge is 0.318 e. The number of piperidine rings is 1. The molecule has 24 heavy (non-hydrogen) atoms. The lowest BCUT2D eigenvalue weighted by atomic mass is 9.90. The van der Waals surface area contributed by atoms with Crippen molar-refractivity contribution < 1.29 is 9.53 Å². The van der Waals surface area contributed by atoms with E-state index >= 15 is 0 Å². The summed E-state index contributed by atoms with van der Waals surface area (Å²) in [4.78, 5) is 16.8. The fourth-order valence-corrected chi connectivity index (χ4v) is 3.66. The van der Waals surface area contributed by atoms with Gasteiger partial charge in [0.1, 0.15) is 12.4 Å². The predicted molar refractivity (Wildman–Crippen MR) is 95.6 cm³/mol. The van der Waals surface area contributed by atoms with Crippen LogP contribution in [0.3, 0.4) is 0 Å². The van der Waals surface area contributed by atoms with Gasteiger partial charge in [-0.1, -0.05) is 11.6 Å². The number of fused-ring (bicyclic) bond motifs is 1. The van der Waals surface area contributed by atoms with E-state index in [1.54, 1.807) is 0 Å². The van der Waals surface area contributed by atoms with Gasteiger partial charge in [0.25, 0.3) is 0 Å². The van der Waals surface area contributed by atoms with Crippen molar-refractivity contribution in [3.05, 3.63) is 28.8 Å². The zero-order valence-corrected chi connectivity index (χ0v) is 15.2. The van der Waals surface area contributed by atoms with Gasteiger partial charge in [-0.2, -0.15) is 0 Å². The molecule has 2 aliphatic rings. The molecule has 2 amide bonds. The average molecular weight is 352 g/mol. The van der Waals surface area contributed by atoms with Crippen molar-refractivity contribution in [2.75, 3.05) is 33.3 Å². The van der Waals surface area contributed by atoms with Gasteiger partial charge in [-0.05, 0) is 64.0 Å². The van der Waals surface area contributed by atoms with E-state index in [0.717, 1.165) is 37.2 Å². The van der Waals surface area contributed by atoms with Gasteiger partial charge in [0.05, 0.1) is 13.1 Å². The van der Waals surface area contributed by atoms with Crippen molar-refractivity contribution in [1.82, 2.24) is 15.1 Å². The maximum absolute atomic E-state index is 12.7. The SMILES string of the molecule is C[C@H](NC(=O)N1CCOc2ccc(Cl)cc2C1)C1CCN(C)CC1. The third kappa shape index (κ3) is 4.14. The molecule has 0 spiro atoms. The van der Waals surface area contributed by atoms with Crippen LogP contribution in [0.2, 0.25) is 5.02 Å². The van der Waals surface area contributed by atoms with E-state index in [-0.39, 0.29) is 12.1 Å². The molecule has 1 saturated heterocycles. The van der Waals surface area contributed by atoms with Gasteiger partial charge in [0.2, 0.25) is 0 Å². The third-order valence-corrected chi connectivity index (χ3v) is 5.35. The molecule has 0 aromatic heterocycles. The number of nitrogens with zero attached hydrogens (tertiary/aromatic N) is 2. The molecule has 3 rings (SSSR count). The van der Waals surface area contributed by atoms with Gasteiger partial charge in [0, 0.05) is 16.6 Å². The van der Waals surface area contributed by atoms with Gasteiger partial charge in [-0.15, -0.1) is 0 Å². The summed E-state index contributed by atoms with van der Waals surface area (Å²) in [7, 11) is 2.15. The molecule has 1 aromatic rings. The second kappa shape index (κ2) is 7.62. The summed E-state index contributed by atoms with van der Waals surface area (Å²) in [6, 6.07) is 5.74. The van der Waals surface area contributed by atoms with Crippen LogP contribution in [0.4, 0.5) is 4.79 Å². The molecule has 1 N–H and O–H groups in total. The molecule has 0 radical (unpaired) electrons. The van der Waals surface area contributed by atoms with Crippen molar-refractivity contribution in [3.8, 4) is 5.75 Å². The Hall–Kier alpha value is -1.46. The van der Waals surface area contributed by atoms with E-state index in [9.17, 15) is 4.79 Å². The first-order valence-electron chi connectivity index (χ1n) is 8.68. The van der Waals surface area contributed by atoms with E-state index in [1.165, 1.54) is 0 Å². The first-order valence-corrected chi connectivity index (χ1v) is 9.06. The number of urea groups is 1. The van der Waals surface area contributed by atoms with Crippen LogP contribution in [-0.2, 0) is 6.54 Å².